The largest absolute Gasteiger partial charge is 0.462 e. The summed E-state index contributed by atoms with van der Waals surface area (Å²) in [6.45, 7) is 9.21. The van der Waals surface area contributed by atoms with Crippen molar-refractivity contribution in [2.45, 2.75) is 59.0 Å². The topological polar surface area (TPSA) is 93.4 Å². The highest BCUT2D eigenvalue weighted by atomic mass is 16.6. The number of esters is 1. The van der Waals surface area contributed by atoms with Crippen LogP contribution in [0.2, 0.25) is 0 Å². The molecule has 1 saturated heterocycles. The summed E-state index contributed by atoms with van der Waals surface area (Å²) >= 11 is 0. The van der Waals surface area contributed by atoms with Gasteiger partial charge in [-0.3, -0.25) is 4.98 Å². The third-order valence-corrected chi connectivity index (χ3v) is 6.22. The van der Waals surface area contributed by atoms with Crippen molar-refractivity contribution in [3.8, 4) is 0 Å². The number of hydrogen-bond donors (Lipinski definition) is 1. The second-order valence-electron chi connectivity index (χ2n) is 8.28. The second kappa shape index (κ2) is 9.68. The fourth-order valence-corrected chi connectivity index (χ4v) is 4.53. The number of piperidine rings is 1. The quantitative estimate of drug-likeness (QED) is 0.531. The van der Waals surface area contributed by atoms with Crippen LogP contribution in [0, 0.1) is 12.8 Å². The van der Waals surface area contributed by atoms with Crippen LogP contribution in [0.4, 0.5) is 4.79 Å². The minimum absolute atomic E-state index is 0.0767. The maximum atomic E-state index is 12.6. The van der Waals surface area contributed by atoms with Crippen molar-refractivity contribution in [1.29, 1.82) is 0 Å². The molecule has 1 aliphatic heterocycles. The summed E-state index contributed by atoms with van der Waals surface area (Å²) in [5.74, 6) is -0.496. The van der Waals surface area contributed by atoms with Crippen LogP contribution in [0.5, 0.6) is 0 Å². The van der Waals surface area contributed by atoms with E-state index < -0.39 is 11.6 Å². The minimum atomic E-state index is -1.20. The van der Waals surface area contributed by atoms with Gasteiger partial charge in [-0.15, -0.1) is 0 Å². The van der Waals surface area contributed by atoms with Crippen molar-refractivity contribution < 1.29 is 24.2 Å². The molecule has 0 bridgehead atoms. The van der Waals surface area contributed by atoms with E-state index in [1.54, 1.807) is 37.3 Å². The Hall–Kier alpha value is -2.61. The smallest absolute Gasteiger partial charge is 0.409 e. The number of carbonyl (C=O) groups is 2. The molecule has 0 saturated carbocycles. The summed E-state index contributed by atoms with van der Waals surface area (Å²) in [4.78, 5) is 30.7. The van der Waals surface area contributed by atoms with Gasteiger partial charge < -0.3 is 23.9 Å². The standard InChI is InChI=1S/C23H33N3O5/c1-5-7-14-31-22(28)25-11-8-17(9-12-25)23(4,29)20-16(3)19(21(27)30-6-2)18-15-24-10-13-26(18)20/h10,13,15,17,29H,5-9,11-12,14H2,1-4H3. The molecule has 0 aliphatic carbocycles. The molecule has 2 aromatic rings. The van der Waals surface area contributed by atoms with Gasteiger partial charge in [-0.25, -0.2) is 9.59 Å². The Bertz CT molecular complexity index is 929. The van der Waals surface area contributed by atoms with Gasteiger partial charge in [0.15, 0.2) is 0 Å². The number of fused-ring (bicyclic) bond motifs is 1. The summed E-state index contributed by atoms with van der Waals surface area (Å²) in [6.07, 6.45) is 7.84. The molecule has 31 heavy (non-hydrogen) atoms. The SMILES string of the molecule is CCCCOC(=O)N1CCC(C(C)(O)c2c(C)c(C(=O)OCC)c3cnccn23)CC1. The predicted octanol–water partition coefficient (Wildman–Crippen LogP) is 3.68. The lowest BCUT2D eigenvalue weighted by Gasteiger charge is -2.39. The number of aliphatic hydroxyl groups is 1. The van der Waals surface area contributed by atoms with Crippen LogP contribution < -0.4 is 0 Å². The lowest BCUT2D eigenvalue weighted by molar-refractivity contribution is -0.0367. The second-order valence-corrected chi connectivity index (χ2v) is 8.28. The van der Waals surface area contributed by atoms with Gasteiger partial charge in [0, 0.05) is 25.5 Å². The van der Waals surface area contributed by atoms with E-state index in [-0.39, 0.29) is 18.6 Å². The molecule has 0 aromatic carbocycles. The maximum Gasteiger partial charge on any atom is 0.409 e. The molecule has 1 atom stereocenters. The van der Waals surface area contributed by atoms with Gasteiger partial charge in [0.05, 0.1) is 36.2 Å². The number of carbonyl (C=O) groups excluding carboxylic acids is 2. The van der Waals surface area contributed by atoms with Gasteiger partial charge in [-0.1, -0.05) is 13.3 Å². The summed E-state index contributed by atoms with van der Waals surface area (Å²) in [6, 6.07) is 0. The number of nitrogens with zero attached hydrogens (tertiary/aromatic N) is 3. The number of rotatable bonds is 7. The Balaban J connectivity index is 1.84. The Labute approximate surface area is 183 Å². The molecule has 2 aromatic heterocycles. The average molecular weight is 432 g/mol. The van der Waals surface area contributed by atoms with Gasteiger partial charge in [-0.2, -0.15) is 0 Å². The number of unbranched alkanes of at least 4 members (excludes halogenated alkanes) is 1. The minimum Gasteiger partial charge on any atom is -0.462 e. The first-order valence-electron chi connectivity index (χ1n) is 11.1. The lowest BCUT2D eigenvalue weighted by atomic mass is 9.78. The van der Waals surface area contributed by atoms with Crippen molar-refractivity contribution >= 4 is 17.6 Å². The number of likely N-dealkylation sites (tertiary alicyclic amines) is 1. The molecule has 3 heterocycles. The van der Waals surface area contributed by atoms with Gasteiger partial charge >= 0.3 is 12.1 Å². The van der Waals surface area contributed by atoms with Gasteiger partial charge in [0.25, 0.3) is 0 Å². The van der Waals surface area contributed by atoms with Crippen LogP contribution in [-0.2, 0) is 15.1 Å². The van der Waals surface area contributed by atoms with E-state index in [4.69, 9.17) is 9.47 Å². The monoisotopic (exact) mass is 431 g/mol. The van der Waals surface area contributed by atoms with Crippen molar-refractivity contribution in [1.82, 2.24) is 14.3 Å². The highest BCUT2D eigenvalue weighted by molar-refractivity contribution is 5.99. The number of hydrogen-bond acceptors (Lipinski definition) is 6. The molecule has 0 radical (unpaired) electrons. The van der Waals surface area contributed by atoms with E-state index in [9.17, 15) is 14.7 Å². The molecule has 1 aliphatic rings. The summed E-state index contributed by atoms with van der Waals surface area (Å²) < 4.78 is 12.4. The fourth-order valence-electron chi connectivity index (χ4n) is 4.53. The van der Waals surface area contributed by atoms with Gasteiger partial charge in [-0.05, 0) is 51.5 Å². The summed E-state index contributed by atoms with van der Waals surface area (Å²) in [7, 11) is 0. The van der Waals surface area contributed by atoms with Crippen LogP contribution in [0.1, 0.15) is 68.1 Å². The van der Waals surface area contributed by atoms with Crippen LogP contribution in [0.15, 0.2) is 18.6 Å². The molecular formula is C23H33N3O5. The molecule has 8 heteroatoms. The third kappa shape index (κ3) is 4.54. The summed E-state index contributed by atoms with van der Waals surface area (Å²) in [5, 5.41) is 11.7. The zero-order valence-corrected chi connectivity index (χ0v) is 18.9. The first-order chi connectivity index (χ1) is 14.8. The zero-order chi connectivity index (χ0) is 22.6. The molecule has 8 nitrogen and oxygen atoms in total. The first-order valence-corrected chi connectivity index (χ1v) is 11.1. The van der Waals surface area contributed by atoms with Gasteiger partial charge in [0.2, 0.25) is 0 Å². The van der Waals surface area contributed by atoms with E-state index in [0.717, 1.165) is 12.8 Å². The number of aromatic nitrogens is 2. The van der Waals surface area contributed by atoms with Crippen molar-refractivity contribution in [3.63, 3.8) is 0 Å². The molecule has 1 fully saturated rings. The molecule has 1 amide bonds. The first kappa shape index (κ1) is 23.1. The molecule has 170 valence electrons. The molecule has 0 spiro atoms. The number of amides is 1. The van der Waals surface area contributed by atoms with E-state index in [1.807, 2.05) is 11.3 Å². The highest BCUT2D eigenvalue weighted by Gasteiger charge is 2.41. The average Bonchev–Trinajstić information content (AvgIpc) is 3.06. The molecule has 1 unspecified atom stereocenters. The van der Waals surface area contributed by atoms with Crippen LogP contribution >= 0.6 is 0 Å². The predicted molar refractivity (Wildman–Crippen MR) is 116 cm³/mol. The van der Waals surface area contributed by atoms with Crippen molar-refractivity contribution in [2.75, 3.05) is 26.3 Å². The van der Waals surface area contributed by atoms with E-state index in [0.29, 0.717) is 54.9 Å². The number of ether oxygens (including phenoxy) is 2. The van der Waals surface area contributed by atoms with Crippen LogP contribution in [0.25, 0.3) is 5.52 Å². The normalized spacial score (nSPS) is 16.9. The fraction of sp³-hybridized carbons (Fsp3) is 0.609. The lowest BCUT2D eigenvalue weighted by Crippen LogP contribution is -2.45. The Morgan fingerprint density at radius 2 is 1.97 bits per heavy atom. The van der Waals surface area contributed by atoms with E-state index >= 15 is 0 Å². The van der Waals surface area contributed by atoms with Crippen molar-refractivity contribution in [3.05, 3.63) is 35.4 Å². The maximum absolute atomic E-state index is 12.6. The molecule has 1 N–H and O–H groups in total. The Kier molecular flexibility index (Phi) is 7.20. The van der Waals surface area contributed by atoms with Crippen molar-refractivity contribution in [2.24, 2.45) is 5.92 Å². The third-order valence-electron chi connectivity index (χ3n) is 6.22. The zero-order valence-electron chi connectivity index (χ0n) is 18.9. The summed E-state index contributed by atoms with van der Waals surface area (Å²) in [5.41, 5.74) is 1.21. The molecular weight excluding hydrogens is 398 g/mol. The Morgan fingerprint density at radius 3 is 2.61 bits per heavy atom. The highest BCUT2D eigenvalue weighted by Crippen LogP contribution is 2.40. The molecule has 3 rings (SSSR count). The van der Waals surface area contributed by atoms with Gasteiger partial charge in [0.1, 0.15) is 5.60 Å². The van der Waals surface area contributed by atoms with E-state index in [2.05, 4.69) is 11.9 Å². The Morgan fingerprint density at radius 1 is 1.26 bits per heavy atom. The van der Waals surface area contributed by atoms with Crippen LogP contribution in [0.3, 0.4) is 0 Å². The van der Waals surface area contributed by atoms with Crippen LogP contribution in [-0.4, -0.2) is 57.8 Å². The van der Waals surface area contributed by atoms with E-state index in [1.165, 1.54) is 0 Å².